The second-order valence-electron chi connectivity index (χ2n) is 7.74. The number of hydrogen-bond donors (Lipinski definition) is 0. The maximum absolute atomic E-state index is 5.55. The van der Waals surface area contributed by atoms with Gasteiger partial charge in [0.05, 0.1) is 52.6 Å². The lowest BCUT2D eigenvalue weighted by Gasteiger charge is -2.49. The molecule has 0 aromatic heterocycles. The van der Waals surface area contributed by atoms with Crippen molar-refractivity contribution in [2.45, 2.75) is 25.7 Å². The van der Waals surface area contributed by atoms with Crippen molar-refractivity contribution in [1.29, 1.82) is 0 Å². The Morgan fingerprint density at radius 3 is 1.07 bits per heavy atom. The first-order chi connectivity index (χ1) is 14.2. The largest absolute Gasteiger partial charge is 1.00 e. The molecule has 0 bridgehead atoms. The van der Waals surface area contributed by atoms with Crippen LogP contribution < -0.4 is 17.0 Å². The Labute approximate surface area is 195 Å². The summed E-state index contributed by atoms with van der Waals surface area (Å²) in [6.07, 6.45) is 5.11. The molecule has 0 unspecified atom stereocenters. The molecule has 2 rings (SSSR count). The molecule has 2 aliphatic heterocycles. The maximum Gasteiger partial charge on any atom is 0.308 e. The number of ether oxygens (including phenoxy) is 4. The summed E-state index contributed by atoms with van der Waals surface area (Å²) in [6, 6.07) is 0. The van der Waals surface area contributed by atoms with E-state index in [-0.39, 0.29) is 17.0 Å². The maximum atomic E-state index is 5.55. The Morgan fingerprint density at radius 1 is 0.567 bits per heavy atom. The van der Waals surface area contributed by atoms with Crippen LogP contribution in [0.4, 0.5) is 0 Å². The van der Waals surface area contributed by atoms with E-state index in [0.29, 0.717) is 0 Å². The molecule has 0 spiro atoms. The van der Waals surface area contributed by atoms with Crippen LogP contribution in [0, 0.1) is 0 Å². The molecule has 2 saturated heterocycles. The summed E-state index contributed by atoms with van der Waals surface area (Å²) in [6.45, 7) is 11.2. The van der Waals surface area contributed by atoms with Gasteiger partial charge in [0.1, 0.15) is 0 Å². The average Bonchev–Trinajstić information content (AvgIpc) is 3.46. The molecule has 0 amide bonds. The Kier molecular flexibility index (Phi) is 15.5. The first-order valence-corrected chi connectivity index (χ1v) is 12.7. The van der Waals surface area contributed by atoms with E-state index in [2.05, 4.69) is 18.7 Å². The number of rotatable bonds is 16. The van der Waals surface area contributed by atoms with Crippen molar-refractivity contribution >= 4 is 7.87 Å². The van der Waals surface area contributed by atoms with Gasteiger partial charge in [0, 0.05) is 54.6 Å². The van der Waals surface area contributed by atoms with Gasteiger partial charge in [0.2, 0.25) is 0 Å². The van der Waals surface area contributed by atoms with Crippen molar-refractivity contribution in [2.75, 3.05) is 107 Å². The van der Waals surface area contributed by atoms with Crippen LogP contribution >= 0.6 is 7.87 Å². The van der Waals surface area contributed by atoms with Gasteiger partial charge in [-0.15, -0.1) is 18.7 Å². The fourth-order valence-corrected chi connectivity index (χ4v) is 9.74. The van der Waals surface area contributed by atoms with E-state index in [1.807, 2.05) is 0 Å². The third kappa shape index (κ3) is 7.30. The van der Waals surface area contributed by atoms with Crippen molar-refractivity contribution in [3.05, 3.63) is 0 Å². The summed E-state index contributed by atoms with van der Waals surface area (Å²) >= 11 is 0. The molecule has 0 aromatic carbocycles. The second kappa shape index (κ2) is 16.2. The molecule has 180 valence electrons. The molecule has 2 aliphatic rings. The third-order valence-electron chi connectivity index (χ3n) is 5.90. The third-order valence-corrected chi connectivity index (χ3v) is 10.5. The van der Waals surface area contributed by atoms with Gasteiger partial charge in [0.25, 0.3) is 0 Å². The number of hydrogen-bond acceptors (Lipinski definition) is 8. The minimum atomic E-state index is -1.92. The second-order valence-corrected chi connectivity index (χ2v) is 11.1. The predicted molar refractivity (Wildman–Crippen MR) is 119 cm³/mol. The Morgan fingerprint density at radius 2 is 0.833 bits per heavy atom. The molecule has 0 aromatic rings. The van der Waals surface area contributed by atoms with Crippen LogP contribution in [0.2, 0.25) is 0 Å². The Hall–Kier alpha value is 0.590. The molecule has 0 saturated carbocycles. The van der Waals surface area contributed by atoms with Crippen molar-refractivity contribution in [3.8, 4) is 0 Å². The van der Waals surface area contributed by atoms with Crippen LogP contribution in [0.15, 0.2) is 0 Å². The van der Waals surface area contributed by atoms with Crippen molar-refractivity contribution < 1.29 is 35.9 Å². The zero-order valence-electron chi connectivity index (χ0n) is 19.6. The highest BCUT2D eigenvalue weighted by atomic mass is 79.9. The van der Waals surface area contributed by atoms with Crippen molar-refractivity contribution in [1.82, 2.24) is 18.7 Å². The highest BCUT2D eigenvalue weighted by Gasteiger charge is 2.62. The van der Waals surface area contributed by atoms with Gasteiger partial charge in [-0.1, -0.05) is 0 Å². The Bertz CT molecular complexity index is 376. The normalized spacial score (nSPS) is 18.6. The van der Waals surface area contributed by atoms with Crippen LogP contribution in [0.3, 0.4) is 0 Å². The first-order valence-electron chi connectivity index (χ1n) is 11.1. The molecular weight excluding hydrogens is 471 g/mol. The van der Waals surface area contributed by atoms with Crippen LogP contribution in [0.25, 0.3) is 0 Å². The molecule has 0 N–H and O–H groups in total. The van der Waals surface area contributed by atoms with Crippen LogP contribution in [0.1, 0.15) is 25.7 Å². The minimum Gasteiger partial charge on any atom is -1.00 e. The van der Waals surface area contributed by atoms with Gasteiger partial charge < -0.3 is 35.9 Å². The monoisotopic (exact) mass is 514 g/mol. The molecule has 2 fully saturated rings. The minimum absolute atomic E-state index is 0. The number of methoxy groups -OCH3 is 4. The SMILES string of the molecule is COCCN(CCOC)[P+](N1CCCC1)(N1CCCC1)N(CCOC)CCOC.[Br-]. The van der Waals surface area contributed by atoms with Crippen LogP contribution in [-0.4, -0.2) is 126 Å². The number of nitrogens with zero attached hydrogens (tertiary/aromatic N) is 4. The van der Waals surface area contributed by atoms with E-state index < -0.39 is 7.87 Å². The molecule has 0 aliphatic carbocycles. The van der Waals surface area contributed by atoms with E-state index in [9.17, 15) is 0 Å². The van der Waals surface area contributed by atoms with Crippen molar-refractivity contribution in [3.63, 3.8) is 0 Å². The Balaban J connectivity index is 0.00000450. The molecule has 8 nitrogen and oxygen atoms in total. The van der Waals surface area contributed by atoms with Gasteiger partial charge in [-0.3, -0.25) is 0 Å². The molecule has 0 radical (unpaired) electrons. The summed E-state index contributed by atoms with van der Waals surface area (Å²) < 4.78 is 33.2. The highest BCUT2D eigenvalue weighted by molar-refractivity contribution is 7.66. The predicted octanol–water partition coefficient (Wildman–Crippen LogP) is -0.951. The summed E-state index contributed by atoms with van der Waals surface area (Å²) in [5.41, 5.74) is 0. The lowest BCUT2D eigenvalue weighted by atomic mass is 10.4. The first kappa shape index (κ1) is 28.6. The van der Waals surface area contributed by atoms with Crippen molar-refractivity contribution in [2.24, 2.45) is 0 Å². The highest BCUT2D eigenvalue weighted by Crippen LogP contribution is 2.71. The fourth-order valence-electron chi connectivity index (χ4n) is 4.56. The molecule has 30 heavy (non-hydrogen) atoms. The van der Waals surface area contributed by atoms with E-state index in [1.165, 1.54) is 25.7 Å². The van der Waals surface area contributed by atoms with Gasteiger partial charge in [0.15, 0.2) is 0 Å². The molecule has 10 heteroatoms. The zero-order valence-corrected chi connectivity index (χ0v) is 22.0. The van der Waals surface area contributed by atoms with Crippen LogP contribution in [0.5, 0.6) is 0 Å². The summed E-state index contributed by atoms with van der Waals surface area (Å²) in [5, 5.41) is 0. The van der Waals surface area contributed by atoms with E-state index in [0.717, 1.165) is 78.8 Å². The smallest absolute Gasteiger partial charge is 0.308 e. The van der Waals surface area contributed by atoms with E-state index in [4.69, 9.17) is 18.9 Å². The zero-order chi connectivity index (χ0) is 21.0. The van der Waals surface area contributed by atoms with Crippen LogP contribution in [-0.2, 0) is 18.9 Å². The molecular formula is C20H44BrN4O4P. The van der Waals surface area contributed by atoms with E-state index >= 15 is 0 Å². The lowest BCUT2D eigenvalue weighted by molar-refractivity contribution is -0.00000768. The summed E-state index contributed by atoms with van der Waals surface area (Å²) in [5.74, 6) is 0. The fraction of sp³-hybridized carbons (Fsp3) is 1.00. The average molecular weight is 515 g/mol. The quantitative estimate of drug-likeness (QED) is 0.244. The lowest BCUT2D eigenvalue weighted by Crippen LogP contribution is -3.00. The van der Waals surface area contributed by atoms with E-state index in [1.54, 1.807) is 28.4 Å². The van der Waals surface area contributed by atoms with Gasteiger partial charge >= 0.3 is 7.87 Å². The van der Waals surface area contributed by atoms with Gasteiger partial charge in [-0.2, -0.15) is 0 Å². The van der Waals surface area contributed by atoms with Gasteiger partial charge in [-0.05, 0) is 25.7 Å². The standard InChI is InChI=1S/C20H44N4O4P.BrH/c1-25-17-13-23(14-18-26-2)29(21-9-5-6-10-21,22-11-7-8-12-22)24(15-19-27-3)16-20-28-4;/h5-20H2,1-4H3;1H/q+1;/p-1. The molecule has 2 heterocycles. The van der Waals surface area contributed by atoms with Gasteiger partial charge in [-0.25, -0.2) is 0 Å². The summed E-state index contributed by atoms with van der Waals surface area (Å²) in [4.78, 5) is 0. The summed E-state index contributed by atoms with van der Waals surface area (Å²) in [7, 11) is 5.28. The topological polar surface area (TPSA) is 49.9 Å². The molecule has 0 atom stereocenters. The number of halogens is 1.